The zero-order chi connectivity index (χ0) is 12.3. The zero-order valence-electron chi connectivity index (χ0n) is 11.1. The van der Waals surface area contributed by atoms with Crippen molar-refractivity contribution in [1.29, 1.82) is 0 Å². The van der Waals surface area contributed by atoms with Crippen LogP contribution in [0.4, 0.5) is 0 Å². The quantitative estimate of drug-likeness (QED) is 0.892. The van der Waals surface area contributed by atoms with E-state index in [1.165, 1.54) is 30.7 Å². The number of aromatic nitrogens is 2. The number of nitrogens with one attached hydrogen (secondary N) is 1. The summed E-state index contributed by atoms with van der Waals surface area (Å²) in [6, 6.07) is 0.378. The molecule has 1 aliphatic rings. The summed E-state index contributed by atoms with van der Waals surface area (Å²) in [6.07, 6.45) is 6.37. The molecular formula is C13H23N3S. The van der Waals surface area contributed by atoms with Gasteiger partial charge in [-0.2, -0.15) is 0 Å². The van der Waals surface area contributed by atoms with Crippen molar-refractivity contribution in [3.8, 4) is 0 Å². The highest BCUT2D eigenvalue weighted by molar-refractivity contribution is 7.11. The highest BCUT2D eigenvalue weighted by Gasteiger charge is 2.24. The maximum Gasteiger partial charge on any atom is 0.134 e. The molecule has 1 aliphatic carbocycles. The first-order valence-corrected chi connectivity index (χ1v) is 7.56. The van der Waals surface area contributed by atoms with E-state index >= 15 is 0 Å². The number of nitrogens with zero attached hydrogens (tertiary/aromatic N) is 2. The van der Waals surface area contributed by atoms with Crippen molar-refractivity contribution in [3.05, 3.63) is 10.0 Å². The van der Waals surface area contributed by atoms with Gasteiger partial charge in [-0.3, -0.25) is 0 Å². The number of hydrogen-bond donors (Lipinski definition) is 1. The molecule has 0 spiro atoms. The second-order valence-corrected chi connectivity index (χ2v) is 6.23. The standard InChI is InChI=1S/C13H23N3S/c1-4-11(14-3)13-16-15-12(17-13)10-7-5-9(2)6-8-10/h9-11,14H,4-8H2,1-3H3. The highest BCUT2D eigenvalue weighted by Crippen LogP contribution is 2.37. The molecule has 1 heterocycles. The molecular weight excluding hydrogens is 230 g/mol. The van der Waals surface area contributed by atoms with E-state index in [9.17, 15) is 0 Å². The second kappa shape index (κ2) is 5.91. The second-order valence-electron chi connectivity index (χ2n) is 5.18. The molecule has 0 saturated heterocycles. The Balaban J connectivity index is 2.02. The zero-order valence-corrected chi connectivity index (χ0v) is 11.9. The van der Waals surface area contributed by atoms with Crippen molar-refractivity contribution >= 4 is 11.3 Å². The third-order valence-corrected chi connectivity index (χ3v) is 5.08. The summed E-state index contributed by atoms with van der Waals surface area (Å²) in [7, 11) is 2.00. The van der Waals surface area contributed by atoms with Gasteiger partial charge in [-0.05, 0) is 32.2 Å². The summed E-state index contributed by atoms with van der Waals surface area (Å²) in [6.45, 7) is 4.54. The van der Waals surface area contributed by atoms with E-state index in [2.05, 4.69) is 29.4 Å². The largest absolute Gasteiger partial charge is 0.311 e. The molecule has 1 atom stereocenters. The fourth-order valence-electron chi connectivity index (χ4n) is 2.56. The lowest BCUT2D eigenvalue weighted by Gasteiger charge is -2.23. The van der Waals surface area contributed by atoms with Gasteiger partial charge in [0, 0.05) is 5.92 Å². The first-order valence-electron chi connectivity index (χ1n) is 6.75. The predicted octanol–water partition coefficient (Wildman–Crippen LogP) is 3.50. The number of hydrogen-bond acceptors (Lipinski definition) is 4. The van der Waals surface area contributed by atoms with Crippen molar-refractivity contribution in [3.63, 3.8) is 0 Å². The van der Waals surface area contributed by atoms with Crippen LogP contribution in [0.15, 0.2) is 0 Å². The molecule has 0 amide bonds. The average Bonchev–Trinajstić information content (AvgIpc) is 2.81. The average molecular weight is 253 g/mol. The Hall–Kier alpha value is -0.480. The van der Waals surface area contributed by atoms with Crippen molar-refractivity contribution in [2.45, 2.75) is 57.9 Å². The van der Waals surface area contributed by atoms with Crippen molar-refractivity contribution in [2.24, 2.45) is 5.92 Å². The Labute approximate surface area is 108 Å². The molecule has 0 bridgehead atoms. The molecule has 1 fully saturated rings. The normalized spacial score (nSPS) is 27.0. The van der Waals surface area contributed by atoms with Gasteiger partial charge in [-0.15, -0.1) is 10.2 Å². The molecule has 3 nitrogen and oxygen atoms in total. The van der Waals surface area contributed by atoms with Crippen LogP contribution in [0.2, 0.25) is 0 Å². The minimum atomic E-state index is 0.378. The van der Waals surface area contributed by atoms with Crippen LogP contribution in [0.1, 0.15) is 67.9 Å². The van der Waals surface area contributed by atoms with Crippen LogP contribution in [0.3, 0.4) is 0 Å². The molecule has 96 valence electrons. The van der Waals surface area contributed by atoms with Crippen LogP contribution < -0.4 is 5.32 Å². The van der Waals surface area contributed by atoms with E-state index in [4.69, 9.17) is 0 Å². The Morgan fingerprint density at radius 3 is 2.59 bits per heavy atom. The van der Waals surface area contributed by atoms with E-state index < -0.39 is 0 Å². The monoisotopic (exact) mass is 253 g/mol. The Bertz CT molecular complexity index is 338. The number of rotatable bonds is 4. The lowest BCUT2D eigenvalue weighted by Crippen LogP contribution is -2.14. The molecule has 0 radical (unpaired) electrons. The van der Waals surface area contributed by atoms with Crippen LogP contribution in [0.25, 0.3) is 0 Å². The minimum absolute atomic E-state index is 0.378. The molecule has 17 heavy (non-hydrogen) atoms. The molecule has 1 unspecified atom stereocenters. The molecule has 1 saturated carbocycles. The van der Waals surface area contributed by atoms with Crippen LogP contribution in [0, 0.1) is 5.92 Å². The Morgan fingerprint density at radius 2 is 2.00 bits per heavy atom. The van der Waals surface area contributed by atoms with Gasteiger partial charge in [0.05, 0.1) is 6.04 Å². The first kappa shape index (κ1) is 13.0. The predicted molar refractivity (Wildman–Crippen MR) is 72.4 cm³/mol. The fraction of sp³-hybridized carbons (Fsp3) is 0.846. The smallest absolute Gasteiger partial charge is 0.134 e. The van der Waals surface area contributed by atoms with E-state index in [0.29, 0.717) is 12.0 Å². The molecule has 1 N–H and O–H groups in total. The van der Waals surface area contributed by atoms with Gasteiger partial charge in [-0.1, -0.05) is 38.0 Å². The summed E-state index contributed by atoms with van der Waals surface area (Å²) in [4.78, 5) is 0. The van der Waals surface area contributed by atoms with Crippen molar-refractivity contribution < 1.29 is 0 Å². The lowest BCUT2D eigenvalue weighted by atomic mass is 9.83. The van der Waals surface area contributed by atoms with E-state index in [1.807, 2.05) is 18.4 Å². The van der Waals surface area contributed by atoms with E-state index in [1.54, 1.807) is 0 Å². The molecule has 1 aromatic rings. The fourth-order valence-corrected chi connectivity index (χ4v) is 3.77. The van der Waals surface area contributed by atoms with Crippen molar-refractivity contribution in [2.75, 3.05) is 7.05 Å². The first-order chi connectivity index (χ1) is 8.24. The minimum Gasteiger partial charge on any atom is -0.311 e. The third kappa shape index (κ3) is 3.05. The maximum atomic E-state index is 4.41. The molecule has 2 rings (SSSR count). The van der Waals surface area contributed by atoms with Gasteiger partial charge in [-0.25, -0.2) is 0 Å². The van der Waals surface area contributed by atoms with Crippen LogP contribution in [-0.2, 0) is 0 Å². The van der Waals surface area contributed by atoms with Gasteiger partial charge in [0.2, 0.25) is 0 Å². The summed E-state index contributed by atoms with van der Waals surface area (Å²) >= 11 is 1.81. The molecule has 4 heteroatoms. The van der Waals surface area contributed by atoms with E-state index in [-0.39, 0.29) is 0 Å². The van der Waals surface area contributed by atoms with Gasteiger partial charge in [0.1, 0.15) is 10.0 Å². The Kier molecular flexibility index (Phi) is 4.51. The van der Waals surface area contributed by atoms with Crippen LogP contribution in [-0.4, -0.2) is 17.2 Å². The maximum absolute atomic E-state index is 4.41. The molecule has 0 aliphatic heterocycles. The van der Waals surface area contributed by atoms with Crippen molar-refractivity contribution in [1.82, 2.24) is 15.5 Å². The lowest BCUT2D eigenvalue weighted by molar-refractivity contribution is 0.346. The topological polar surface area (TPSA) is 37.8 Å². The summed E-state index contributed by atoms with van der Waals surface area (Å²) < 4.78 is 0. The SMILES string of the molecule is CCC(NC)c1nnc(C2CCC(C)CC2)s1. The summed E-state index contributed by atoms with van der Waals surface area (Å²) in [5.74, 6) is 1.58. The van der Waals surface area contributed by atoms with Crippen LogP contribution >= 0.6 is 11.3 Å². The van der Waals surface area contributed by atoms with Gasteiger partial charge in [0.15, 0.2) is 0 Å². The summed E-state index contributed by atoms with van der Waals surface area (Å²) in [5.41, 5.74) is 0. The van der Waals surface area contributed by atoms with Gasteiger partial charge >= 0.3 is 0 Å². The summed E-state index contributed by atoms with van der Waals surface area (Å²) in [5, 5.41) is 14.5. The van der Waals surface area contributed by atoms with Gasteiger partial charge < -0.3 is 5.32 Å². The van der Waals surface area contributed by atoms with E-state index in [0.717, 1.165) is 17.3 Å². The van der Waals surface area contributed by atoms with Crippen LogP contribution in [0.5, 0.6) is 0 Å². The third-order valence-electron chi connectivity index (χ3n) is 3.88. The Morgan fingerprint density at radius 1 is 1.29 bits per heavy atom. The van der Waals surface area contributed by atoms with Gasteiger partial charge in [0.25, 0.3) is 0 Å². The molecule has 0 aromatic carbocycles. The molecule has 1 aromatic heterocycles. The highest BCUT2D eigenvalue weighted by atomic mass is 32.1.